The van der Waals surface area contributed by atoms with Crippen molar-refractivity contribution >= 4 is 43.4 Å². The summed E-state index contributed by atoms with van der Waals surface area (Å²) in [4.78, 5) is 4.41. The minimum atomic E-state index is 1.19. The van der Waals surface area contributed by atoms with E-state index in [9.17, 15) is 0 Å². The van der Waals surface area contributed by atoms with Crippen molar-refractivity contribution in [3.63, 3.8) is 0 Å². The smallest absolute Gasteiger partial charge is 0.0572 e. The molecule has 0 amide bonds. The van der Waals surface area contributed by atoms with Crippen LogP contribution in [0.15, 0.2) is 109 Å². The van der Waals surface area contributed by atoms with Gasteiger partial charge in [-0.1, -0.05) is 66.7 Å². The van der Waals surface area contributed by atoms with Crippen molar-refractivity contribution in [1.29, 1.82) is 0 Å². The summed E-state index contributed by atoms with van der Waals surface area (Å²) in [6.07, 6.45) is 3.87. The standard InChI is InChI=1S/C31H18N2/c1-2-7-20-17-26-23-12-13-29(24-10-5-9-22(31(23)24)25(26)16-19(20)6-1)33-28-11-4-3-8-21(28)27-18-32-15-14-30(27)33/h1-18H. The Morgan fingerprint density at radius 2 is 1.21 bits per heavy atom. The summed E-state index contributed by atoms with van der Waals surface area (Å²) in [5, 5.41) is 7.63. The van der Waals surface area contributed by atoms with E-state index in [2.05, 4.69) is 107 Å². The van der Waals surface area contributed by atoms with Crippen LogP contribution in [0.5, 0.6) is 0 Å². The summed E-state index contributed by atoms with van der Waals surface area (Å²) in [6.45, 7) is 0. The van der Waals surface area contributed by atoms with Gasteiger partial charge in [0.15, 0.2) is 0 Å². The fourth-order valence-electron chi connectivity index (χ4n) is 5.80. The molecule has 0 saturated carbocycles. The van der Waals surface area contributed by atoms with Gasteiger partial charge in [0.1, 0.15) is 0 Å². The molecule has 0 N–H and O–H groups in total. The highest BCUT2D eigenvalue weighted by atomic mass is 15.0. The maximum Gasteiger partial charge on any atom is 0.0572 e. The summed E-state index contributed by atoms with van der Waals surface area (Å²) < 4.78 is 2.40. The number of rotatable bonds is 1. The predicted octanol–water partition coefficient (Wildman–Crippen LogP) is 8.13. The molecule has 0 radical (unpaired) electrons. The number of hydrogen-bond acceptors (Lipinski definition) is 1. The van der Waals surface area contributed by atoms with E-state index >= 15 is 0 Å². The second-order valence-corrected chi connectivity index (χ2v) is 8.85. The molecule has 0 fully saturated rings. The summed E-state index contributed by atoms with van der Waals surface area (Å²) >= 11 is 0. The lowest BCUT2D eigenvalue weighted by Gasteiger charge is -2.13. The van der Waals surface area contributed by atoms with Crippen LogP contribution >= 0.6 is 0 Å². The third-order valence-electron chi connectivity index (χ3n) is 7.20. The number of benzene rings is 5. The first-order valence-electron chi connectivity index (χ1n) is 11.3. The molecule has 0 atom stereocenters. The third-order valence-corrected chi connectivity index (χ3v) is 7.20. The number of aromatic nitrogens is 2. The fourth-order valence-corrected chi connectivity index (χ4v) is 5.80. The zero-order valence-electron chi connectivity index (χ0n) is 17.8. The van der Waals surface area contributed by atoms with Crippen LogP contribution < -0.4 is 0 Å². The van der Waals surface area contributed by atoms with E-state index in [4.69, 9.17) is 0 Å². The summed E-state index contributed by atoms with van der Waals surface area (Å²) in [7, 11) is 0. The molecule has 0 saturated heterocycles. The molecule has 8 rings (SSSR count). The average molecular weight is 418 g/mol. The highest BCUT2D eigenvalue weighted by molar-refractivity contribution is 6.20. The minimum Gasteiger partial charge on any atom is -0.309 e. The van der Waals surface area contributed by atoms with Crippen LogP contribution in [0.4, 0.5) is 0 Å². The maximum absolute atomic E-state index is 4.41. The van der Waals surface area contributed by atoms with Crippen molar-refractivity contribution < 1.29 is 0 Å². The van der Waals surface area contributed by atoms with Gasteiger partial charge in [0.05, 0.1) is 16.7 Å². The Hall–Kier alpha value is -4.43. The van der Waals surface area contributed by atoms with Crippen molar-refractivity contribution in [2.45, 2.75) is 0 Å². The Kier molecular flexibility index (Phi) is 3.16. The number of pyridine rings is 1. The molecule has 5 aromatic carbocycles. The highest BCUT2D eigenvalue weighted by Crippen LogP contribution is 2.50. The van der Waals surface area contributed by atoms with Gasteiger partial charge < -0.3 is 4.57 Å². The molecule has 152 valence electrons. The van der Waals surface area contributed by atoms with Gasteiger partial charge in [-0.2, -0.15) is 0 Å². The van der Waals surface area contributed by atoms with Crippen LogP contribution in [-0.2, 0) is 0 Å². The van der Waals surface area contributed by atoms with Gasteiger partial charge in [-0.3, -0.25) is 4.98 Å². The van der Waals surface area contributed by atoms with E-state index in [-0.39, 0.29) is 0 Å². The predicted molar refractivity (Wildman–Crippen MR) is 138 cm³/mol. The summed E-state index contributed by atoms with van der Waals surface area (Å²) in [6, 6.07) is 35.4. The summed E-state index contributed by atoms with van der Waals surface area (Å²) in [5.74, 6) is 0. The summed E-state index contributed by atoms with van der Waals surface area (Å²) in [5.41, 5.74) is 8.93. The zero-order valence-corrected chi connectivity index (χ0v) is 17.8. The molecule has 1 aliphatic rings. The van der Waals surface area contributed by atoms with E-state index < -0.39 is 0 Å². The molecule has 2 nitrogen and oxygen atoms in total. The van der Waals surface area contributed by atoms with Crippen LogP contribution in [0.1, 0.15) is 0 Å². The molecule has 7 aromatic rings. The van der Waals surface area contributed by atoms with Crippen molar-refractivity contribution in [3.8, 4) is 27.9 Å². The highest BCUT2D eigenvalue weighted by Gasteiger charge is 2.24. The van der Waals surface area contributed by atoms with Gasteiger partial charge in [-0.25, -0.2) is 0 Å². The molecule has 0 unspecified atom stereocenters. The minimum absolute atomic E-state index is 1.19. The van der Waals surface area contributed by atoms with Gasteiger partial charge >= 0.3 is 0 Å². The quantitative estimate of drug-likeness (QED) is 0.263. The second kappa shape index (κ2) is 6.08. The van der Waals surface area contributed by atoms with Crippen molar-refractivity contribution in [2.75, 3.05) is 0 Å². The van der Waals surface area contributed by atoms with E-state index in [1.807, 2.05) is 12.4 Å². The average Bonchev–Trinajstić information content (AvgIpc) is 3.37. The van der Waals surface area contributed by atoms with Crippen molar-refractivity contribution in [1.82, 2.24) is 9.55 Å². The van der Waals surface area contributed by atoms with E-state index in [1.165, 1.54) is 71.3 Å². The van der Waals surface area contributed by atoms with Crippen LogP contribution in [-0.4, -0.2) is 9.55 Å². The first-order valence-corrected chi connectivity index (χ1v) is 11.3. The lowest BCUT2D eigenvalue weighted by molar-refractivity contribution is 1.19. The number of hydrogen-bond donors (Lipinski definition) is 0. The normalized spacial score (nSPS) is 12.2. The number of para-hydroxylation sites is 1. The Labute approximate surface area is 190 Å². The van der Waals surface area contributed by atoms with Gasteiger partial charge in [0, 0.05) is 28.6 Å². The van der Waals surface area contributed by atoms with Crippen LogP contribution in [0, 0.1) is 0 Å². The molecule has 2 heterocycles. The maximum atomic E-state index is 4.41. The van der Waals surface area contributed by atoms with E-state index in [0.717, 1.165) is 0 Å². The second-order valence-electron chi connectivity index (χ2n) is 8.85. The largest absolute Gasteiger partial charge is 0.309 e. The molecule has 33 heavy (non-hydrogen) atoms. The lowest BCUT2D eigenvalue weighted by Crippen LogP contribution is -1.95. The fraction of sp³-hybridized carbons (Fsp3) is 0. The topological polar surface area (TPSA) is 17.8 Å². The first-order chi connectivity index (χ1) is 16.4. The molecule has 0 aliphatic heterocycles. The Morgan fingerprint density at radius 3 is 2.06 bits per heavy atom. The van der Waals surface area contributed by atoms with Crippen molar-refractivity contribution in [2.24, 2.45) is 0 Å². The Bertz CT molecular complexity index is 1820. The van der Waals surface area contributed by atoms with Gasteiger partial charge in [-0.15, -0.1) is 0 Å². The molecule has 0 spiro atoms. The van der Waals surface area contributed by atoms with Crippen molar-refractivity contribution in [3.05, 3.63) is 109 Å². The zero-order chi connectivity index (χ0) is 21.5. The molecular formula is C31H18N2. The number of fused-ring (bicyclic) bond motifs is 7. The molecular weight excluding hydrogens is 400 g/mol. The van der Waals surface area contributed by atoms with Crippen LogP contribution in [0.2, 0.25) is 0 Å². The van der Waals surface area contributed by atoms with Crippen LogP contribution in [0.3, 0.4) is 0 Å². The Balaban J connectivity index is 1.51. The molecule has 0 bridgehead atoms. The first kappa shape index (κ1) is 17.2. The Morgan fingerprint density at radius 1 is 0.515 bits per heavy atom. The van der Waals surface area contributed by atoms with E-state index in [0.29, 0.717) is 0 Å². The SMILES string of the molecule is c1ccc2cc3c(cc2c1)-c1cccc2c(-n4c5ccccc5c5cnccc54)ccc-3c12. The molecule has 2 heteroatoms. The van der Waals surface area contributed by atoms with Gasteiger partial charge in [0.25, 0.3) is 0 Å². The van der Waals surface area contributed by atoms with Gasteiger partial charge in [0.2, 0.25) is 0 Å². The van der Waals surface area contributed by atoms with Crippen LogP contribution in [0.25, 0.3) is 71.3 Å². The molecule has 2 aromatic heterocycles. The number of nitrogens with zero attached hydrogens (tertiary/aromatic N) is 2. The van der Waals surface area contributed by atoms with Gasteiger partial charge in [-0.05, 0) is 68.7 Å². The van der Waals surface area contributed by atoms with E-state index in [1.54, 1.807) is 0 Å². The third kappa shape index (κ3) is 2.15. The lowest BCUT2D eigenvalue weighted by atomic mass is 9.99. The monoisotopic (exact) mass is 418 g/mol. The molecule has 1 aliphatic carbocycles.